The maximum absolute atomic E-state index is 12.0. The van der Waals surface area contributed by atoms with Crippen LogP contribution in [0.4, 0.5) is 0 Å². The van der Waals surface area contributed by atoms with Crippen molar-refractivity contribution in [2.45, 2.75) is 37.1 Å². The van der Waals surface area contributed by atoms with Gasteiger partial charge in [-0.1, -0.05) is 19.3 Å². The van der Waals surface area contributed by atoms with Crippen LogP contribution in [0.5, 0.6) is 0 Å². The number of hydrogen-bond acceptors (Lipinski definition) is 4. The second-order valence-corrected chi connectivity index (χ2v) is 6.02. The maximum Gasteiger partial charge on any atom is 0.254 e. The maximum atomic E-state index is 12.0. The first-order valence-electron chi connectivity index (χ1n) is 7.04. The largest absolute Gasteiger partial charge is 0.339 e. The fourth-order valence-electron chi connectivity index (χ4n) is 2.44. The minimum Gasteiger partial charge on any atom is -0.339 e. The summed E-state index contributed by atoms with van der Waals surface area (Å²) < 4.78 is 0. The Bertz CT molecular complexity index is 492. The summed E-state index contributed by atoms with van der Waals surface area (Å²) in [6.07, 6.45) is 8.29. The lowest BCUT2D eigenvalue weighted by atomic mass is 9.91. The first-order chi connectivity index (χ1) is 9.81. The number of pyridine rings is 1. The summed E-state index contributed by atoms with van der Waals surface area (Å²) in [5.74, 6) is 1.55. The molecule has 20 heavy (non-hydrogen) atoms. The molecule has 1 aromatic heterocycles. The molecule has 4 nitrogen and oxygen atoms in total. The average molecular weight is 289 g/mol. The zero-order chi connectivity index (χ0) is 14.2. The molecule has 0 atom stereocenters. The van der Waals surface area contributed by atoms with Crippen LogP contribution in [-0.4, -0.2) is 23.2 Å². The first kappa shape index (κ1) is 14.9. The van der Waals surface area contributed by atoms with Crippen molar-refractivity contribution >= 4 is 17.7 Å². The van der Waals surface area contributed by atoms with E-state index in [1.165, 1.54) is 32.1 Å². The van der Waals surface area contributed by atoms with Crippen LogP contribution in [0.1, 0.15) is 42.5 Å². The number of nitrogens with one attached hydrogen (secondary N) is 1. The third-order valence-electron chi connectivity index (χ3n) is 3.52. The minimum absolute atomic E-state index is 0.0282. The molecule has 1 aromatic rings. The first-order valence-corrected chi connectivity index (χ1v) is 8.03. The average Bonchev–Trinajstić information content (AvgIpc) is 2.52. The van der Waals surface area contributed by atoms with Crippen molar-refractivity contribution in [2.75, 3.05) is 12.3 Å². The number of aromatic nitrogens is 1. The number of hydrogen-bond donors (Lipinski definition) is 1. The number of amides is 1. The van der Waals surface area contributed by atoms with Crippen molar-refractivity contribution in [1.29, 1.82) is 5.26 Å². The van der Waals surface area contributed by atoms with Crippen molar-refractivity contribution in [3.63, 3.8) is 0 Å². The summed E-state index contributed by atoms with van der Waals surface area (Å²) in [5, 5.41) is 11.9. The number of rotatable bonds is 5. The van der Waals surface area contributed by atoms with Gasteiger partial charge >= 0.3 is 0 Å². The lowest BCUT2D eigenvalue weighted by Crippen LogP contribution is -2.24. The third-order valence-corrected chi connectivity index (χ3v) is 4.76. The molecule has 0 aromatic carbocycles. The van der Waals surface area contributed by atoms with Crippen LogP contribution < -0.4 is 5.32 Å². The molecule has 1 heterocycles. The van der Waals surface area contributed by atoms with Gasteiger partial charge in [0.2, 0.25) is 0 Å². The molecule has 0 radical (unpaired) electrons. The Morgan fingerprint density at radius 1 is 1.45 bits per heavy atom. The molecule has 0 aliphatic heterocycles. The van der Waals surface area contributed by atoms with Gasteiger partial charge in [0.15, 0.2) is 0 Å². The topological polar surface area (TPSA) is 65.8 Å². The monoisotopic (exact) mass is 289 g/mol. The highest BCUT2D eigenvalue weighted by Gasteiger charge is 2.17. The van der Waals surface area contributed by atoms with Crippen molar-refractivity contribution < 1.29 is 4.79 Å². The molecular weight excluding hydrogens is 270 g/mol. The molecule has 2 rings (SSSR count). The van der Waals surface area contributed by atoms with Crippen LogP contribution in [0.2, 0.25) is 0 Å². The second kappa shape index (κ2) is 7.91. The third kappa shape index (κ3) is 4.24. The Morgan fingerprint density at radius 3 is 3.00 bits per heavy atom. The van der Waals surface area contributed by atoms with Crippen LogP contribution in [0.25, 0.3) is 0 Å². The molecule has 1 N–H and O–H groups in total. The number of thioether (sulfide) groups is 1. The summed E-state index contributed by atoms with van der Waals surface area (Å²) >= 11 is 1.66. The Hall–Kier alpha value is -1.54. The van der Waals surface area contributed by atoms with Crippen molar-refractivity contribution in [2.24, 2.45) is 5.92 Å². The molecule has 1 fully saturated rings. The van der Waals surface area contributed by atoms with Crippen LogP contribution in [0, 0.1) is 17.2 Å². The van der Waals surface area contributed by atoms with Crippen LogP contribution in [0.15, 0.2) is 23.4 Å². The lowest BCUT2D eigenvalue weighted by Gasteiger charge is -2.21. The number of carbonyl (C=O) groups excluding carboxylic acids is 1. The normalized spacial score (nSPS) is 15.6. The summed E-state index contributed by atoms with van der Waals surface area (Å²) in [7, 11) is 0. The van der Waals surface area contributed by atoms with Gasteiger partial charge in [-0.25, -0.2) is 4.98 Å². The van der Waals surface area contributed by atoms with E-state index in [1.807, 2.05) is 6.07 Å². The molecule has 1 saturated carbocycles. The lowest BCUT2D eigenvalue weighted by molar-refractivity contribution is 0.0955. The molecule has 0 unspecified atom stereocenters. The van der Waals surface area contributed by atoms with Gasteiger partial charge < -0.3 is 5.32 Å². The molecule has 1 aliphatic carbocycles. The fourth-order valence-corrected chi connectivity index (χ4v) is 3.62. The molecule has 106 valence electrons. The van der Waals surface area contributed by atoms with Gasteiger partial charge in [-0.15, -0.1) is 11.8 Å². The number of nitrogens with zero attached hydrogens (tertiary/aromatic N) is 2. The van der Waals surface area contributed by atoms with Crippen molar-refractivity contribution in [1.82, 2.24) is 10.3 Å². The van der Waals surface area contributed by atoms with E-state index in [-0.39, 0.29) is 12.5 Å². The highest BCUT2D eigenvalue weighted by molar-refractivity contribution is 7.99. The summed E-state index contributed by atoms with van der Waals surface area (Å²) in [6.45, 7) is 0.0282. The van der Waals surface area contributed by atoms with E-state index < -0.39 is 0 Å². The molecule has 0 spiro atoms. The summed E-state index contributed by atoms with van der Waals surface area (Å²) in [4.78, 5) is 16.3. The van der Waals surface area contributed by atoms with E-state index in [2.05, 4.69) is 10.3 Å². The van der Waals surface area contributed by atoms with E-state index in [4.69, 9.17) is 5.26 Å². The van der Waals surface area contributed by atoms with E-state index in [0.717, 1.165) is 16.7 Å². The van der Waals surface area contributed by atoms with E-state index in [1.54, 1.807) is 30.1 Å². The number of nitriles is 1. The van der Waals surface area contributed by atoms with Crippen LogP contribution in [-0.2, 0) is 0 Å². The summed E-state index contributed by atoms with van der Waals surface area (Å²) in [5.41, 5.74) is 0.573. The van der Waals surface area contributed by atoms with E-state index in [0.29, 0.717) is 5.56 Å². The SMILES string of the molecule is N#CCNC(=O)c1cccnc1SCC1CCCCC1. The van der Waals surface area contributed by atoms with Gasteiger partial charge in [0.25, 0.3) is 5.91 Å². The van der Waals surface area contributed by atoms with Gasteiger partial charge in [0, 0.05) is 11.9 Å². The van der Waals surface area contributed by atoms with Gasteiger partial charge in [0.1, 0.15) is 11.6 Å². The number of carbonyl (C=O) groups is 1. The van der Waals surface area contributed by atoms with Gasteiger partial charge in [-0.2, -0.15) is 5.26 Å². The molecule has 0 bridgehead atoms. The van der Waals surface area contributed by atoms with Gasteiger partial charge in [-0.3, -0.25) is 4.79 Å². The highest BCUT2D eigenvalue weighted by Crippen LogP contribution is 2.30. The van der Waals surface area contributed by atoms with Crippen LogP contribution >= 0.6 is 11.8 Å². The standard InChI is InChI=1S/C15H19N3OS/c16-8-10-17-14(19)13-7-4-9-18-15(13)20-11-12-5-2-1-3-6-12/h4,7,9,12H,1-3,5-6,10-11H2,(H,17,19). The Labute approximate surface area is 124 Å². The van der Waals surface area contributed by atoms with Gasteiger partial charge in [-0.05, 0) is 30.9 Å². The molecule has 1 aliphatic rings. The fraction of sp³-hybridized carbons (Fsp3) is 0.533. The van der Waals surface area contributed by atoms with Crippen molar-refractivity contribution in [3.05, 3.63) is 23.9 Å². The molecule has 5 heteroatoms. The van der Waals surface area contributed by atoms with E-state index >= 15 is 0 Å². The molecular formula is C15H19N3OS. The van der Waals surface area contributed by atoms with Gasteiger partial charge in [0.05, 0.1) is 11.6 Å². The molecule has 1 amide bonds. The van der Waals surface area contributed by atoms with Crippen molar-refractivity contribution in [3.8, 4) is 6.07 Å². The second-order valence-electron chi connectivity index (χ2n) is 5.01. The molecule has 0 saturated heterocycles. The predicted molar refractivity (Wildman–Crippen MR) is 79.5 cm³/mol. The minimum atomic E-state index is -0.217. The zero-order valence-corrected chi connectivity index (χ0v) is 12.3. The zero-order valence-electron chi connectivity index (χ0n) is 11.5. The Morgan fingerprint density at radius 2 is 2.25 bits per heavy atom. The smallest absolute Gasteiger partial charge is 0.254 e. The summed E-state index contributed by atoms with van der Waals surface area (Å²) in [6, 6.07) is 5.44. The Kier molecular flexibility index (Phi) is 5.87. The highest BCUT2D eigenvalue weighted by atomic mass is 32.2. The van der Waals surface area contributed by atoms with Crippen LogP contribution in [0.3, 0.4) is 0 Å². The Balaban J connectivity index is 1.96. The predicted octanol–water partition coefficient (Wildman–Crippen LogP) is 3.01. The van der Waals surface area contributed by atoms with E-state index in [9.17, 15) is 4.79 Å². The quantitative estimate of drug-likeness (QED) is 0.668.